The lowest BCUT2D eigenvalue weighted by molar-refractivity contribution is 0.144. The van der Waals surface area contributed by atoms with Gasteiger partial charge in [-0.3, -0.25) is 4.98 Å². The summed E-state index contributed by atoms with van der Waals surface area (Å²) in [5.74, 6) is 0.0433. The molecule has 6 heteroatoms. The molecule has 0 atom stereocenters. The average molecular weight is 406 g/mol. The quantitative estimate of drug-likeness (QED) is 0.634. The number of alkyl carbamates (subject to hydrolysis) is 1. The van der Waals surface area contributed by atoms with E-state index in [4.69, 9.17) is 22.1 Å². The number of pyridine rings is 1. The van der Waals surface area contributed by atoms with Crippen molar-refractivity contribution in [1.29, 1.82) is 0 Å². The van der Waals surface area contributed by atoms with Crippen molar-refractivity contribution in [3.05, 3.63) is 88.7 Å². The van der Waals surface area contributed by atoms with Gasteiger partial charge in [-0.2, -0.15) is 0 Å². The highest BCUT2D eigenvalue weighted by atomic mass is 35.5. The molecule has 3 aromatic rings. The van der Waals surface area contributed by atoms with Crippen LogP contribution in [0.4, 0.5) is 10.5 Å². The zero-order valence-electron chi connectivity index (χ0n) is 15.6. The topological polar surface area (TPSA) is 77.2 Å². The Morgan fingerprint density at radius 2 is 1.79 bits per heavy atom. The number of carbonyl (C=O) groups is 1. The number of nitrogen functional groups attached to an aromatic ring is 1. The van der Waals surface area contributed by atoms with Crippen LogP contribution in [0.5, 0.6) is 0 Å². The number of nitrogens with two attached hydrogens (primary N) is 1. The van der Waals surface area contributed by atoms with E-state index in [-0.39, 0.29) is 12.5 Å². The summed E-state index contributed by atoms with van der Waals surface area (Å²) < 4.78 is 5.49. The summed E-state index contributed by atoms with van der Waals surface area (Å²) in [6, 6.07) is 18.1. The molecule has 4 rings (SSSR count). The molecule has 1 amide bonds. The molecule has 0 fully saturated rings. The van der Waals surface area contributed by atoms with E-state index in [1.54, 1.807) is 18.2 Å². The van der Waals surface area contributed by atoms with E-state index in [2.05, 4.69) is 34.6 Å². The first kappa shape index (κ1) is 19.0. The number of nitrogens with zero attached hydrogens (tertiary/aromatic N) is 1. The third-order valence-electron chi connectivity index (χ3n) is 4.90. The molecule has 0 aliphatic heterocycles. The van der Waals surface area contributed by atoms with Gasteiger partial charge in [-0.05, 0) is 34.4 Å². The van der Waals surface area contributed by atoms with Gasteiger partial charge in [-0.25, -0.2) is 4.79 Å². The number of ether oxygens (including phenoxy) is 1. The number of aromatic nitrogens is 1. The van der Waals surface area contributed by atoms with Crippen molar-refractivity contribution in [2.45, 2.75) is 5.92 Å². The molecule has 0 saturated heterocycles. The van der Waals surface area contributed by atoms with Crippen LogP contribution in [0.3, 0.4) is 0 Å². The van der Waals surface area contributed by atoms with Crippen molar-refractivity contribution in [3.8, 4) is 11.1 Å². The molecule has 1 aromatic heterocycles. The SMILES string of the molecule is Nc1cc(Cl)cnc1C=CCNC(=O)OCC1c2ccccc2-c2ccccc21. The first-order valence-corrected chi connectivity index (χ1v) is 9.67. The van der Waals surface area contributed by atoms with E-state index >= 15 is 0 Å². The zero-order chi connectivity index (χ0) is 20.2. The van der Waals surface area contributed by atoms with Crippen molar-refractivity contribution >= 4 is 29.5 Å². The lowest BCUT2D eigenvalue weighted by Gasteiger charge is -2.14. The van der Waals surface area contributed by atoms with Crippen LogP contribution in [0, 0.1) is 0 Å². The van der Waals surface area contributed by atoms with Gasteiger partial charge in [0.15, 0.2) is 0 Å². The fraction of sp³-hybridized carbons (Fsp3) is 0.130. The second-order valence-electron chi connectivity index (χ2n) is 6.74. The number of halogens is 1. The molecule has 3 N–H and O–H groups in total. The standard InChI is InChI=1S/C23H20ClN3O2/c24-15-12-21(25)22(27-13-15)10-5-11-26-23(28)29-14-20-18-8-3-1-6-16(18)17-7-2-4-9-19(17)20/h1-10,12-13,20H,11,14,25H2,(H,26,28). The Morgan fingerprint density at radius 1 is 1.14 bits per heavy atom. The highest BCUT2D eigenvalue weighted by Gasteiger charge is 2.28. The van der Waals surface area contributed by atoms with Crippen LogP contribution in [0.1, 0.15) is 22.7 Å². The number of hydrogen-bond donors (Lipinski definition) is 2. The molecule has 0 radical (unpaired) electrons. The van der Waals surface area contributed by atoms with E-state index < -0.39 is 6.09 Å². The Bertz CT molecular complexity index is 1040. The van der Waals surface area contributed by atoms with E-state index in [0.717, 1.165) is 0 Å². The Morgan fingerprint density at radius 3 is 2.45 bits per heavy atom. The molecular weight excluding hydrogens is 386 g/mol. The molecule has 0 saturated carbocycles. The summed E-state index contributed by atoms with van der Waals surface area (Å²) in [5, 5.41) is 3.20. The number of rotatable bonds is 5. The fourth-order valence-electron chi connectivity index (χ4n) is 3.57. The first-order chi connectivity index (χ1) is 14.1. The van der Waals surface area contributed by atoms with Crippen LogP contribution in [0.15, 0.2) is 66.9 Å². The van der Waals surface area contributed by atoms with Crippen molar-refractivity contribution < 1.29 is 9.53 Å². The lowest BCUT2D eigenvalue weighted by Crippen LogP contribution is -2.26. The Kier molecular flexibility index (Phi) is 5.49. The van der Waals surface area contributed by atoms with E-state index in [0.29, 0.717) is 22.9 Å². The minimum atomic E-state index is -0.464. The van der Waals surface area contributed by atoms with Crippen LogP contribution in [0.25, 0.3) is 17.2 Å². The van der Waals surface area contributed by atoms with E-state index in [9.17, 15) is 4.79 Å². The lowest BCUT2D eigenvalue weighted by atomic mass is 9.98. The van der Waals surface area contributed by atoms with Gasteiger partial charge in [0.2, 0.25) is 0 Å². The summed E-state index contributed by atoms with van der Waals surface area (Å²) in [5.41, 5.74) is 11.7. The fourth-order valence-corrected chi connectivity index (χ4v) is 3.73. The molecule has 0 bridgehead atoms. The third-order valence-corrected chi connectivity index (χ3v) is 5.11. The molecule has 146 valence electrons. The maximum Gasteiger partial charge on any atom is 0.407 e. The number of carbonyl (C=O) groups excluding carboxylic acids is 1. The van der Waals surface area contributed by atoms with Gasteiger partial charge in [0.1, 0.15) is 6.61 Å². The number of nitrogens with one attached hydrogen (secondary N) is 1. The predicted octanol–water partition coefficient (Wildman–Crippen LogP) is 4.87. The first-order valence-electron chi connectivity index (χ1n) is 9.30. The van der Waals surface area contributed by atoms with Crippen molar-refractivity contribution in [3.63, 3.8) is 0 Å². The summed E-state index contributed by atoms with van der Waals surface area (Å²) in [6.45, 7) is 0.593. The van der Waals surface area contributed by atoms with E-state index in [1.165, 1.54) is 28.5 Å². The number of amides is 1. The number of anilines is 1. The smallest absolute Gasteiger partial charge is 0.407 e. The van der Waals surface area contributed by atoms with Crippen molar-refractivity contribution in [2.75, 3.05) is 18.9 Å². The minimum Gasteiger partial charge on any atom is -0.449 e. The van der Waals surface area contributed by atoms with Gasteiger partial charge >= 0.3 is 6.09 Å². The Balaban J connectivity index is 1.34. The van der Waals surface area contributed by atoms with Crippen LogP contribution in [-0.4, -0.2) is 24.2 Å². The second-order valence-corrected chi connectivity index (χ2v) is 7.17. The molecule has 1 aliphatic rings. The van der Waals surface area contributed by atoms with Gasteiger partial charge in [-0.1, -0.05) is 66.2 Å². The summed E-state index contributed by atoms with van der Waals surface area (Å²) in [7, 11) is 0. The zero-order valence-corrected chi connectivity index (χ0v) is 16.4. The second kappa shape index (κ2) is 8.37. The number of hydrogen-bond acceptors (Lipinski definition) is 4. The average Bonchev–Trinajstić information content (AvgIpc) is 3.05. The van der Waals surface area contributed by atoms with Crippen LogP contribution < -0.4 is 11.1 Å². The largest absolute Gasteiger partial charge is 0.449 e. The molecular formula is C23H20ClN3O2. The normalized spacial score (nSPS) is 12.6. The van der Waals surface area contributed by atoms with E-state index in [1.807, 2.05) is 24.3 Å². The van der Waals surface area contributed by atoms with Crippen LogP contribution >= 0.6 is 11.6 Å². The third kappa shape index (κ3) is 4.10. The Labute approximate surface area is 174 Å². The molecule has 2 aromatic carbocycles. The number of fused-ring (bicyclic) bond motifs is 3. The van der Waals surface area contributed by atoms with Gasteiger partial charge in [-0.15, -0.1) is 0 Å². The van der Waals surface area contributed by atoms with Gasteiger partial charge in [0, 0.05) is 18.7 Å². The molecule has 1 heterocycles. The van der Waals surface area contributed by atoms with Crippen molar-refractivity contribution in [1.82, 2.24) is 10.3 Å². The van der Waals surface area contributed by atoms with Gasteiger partial charge in [0.05, 0.1) is 16.4 Å². The molecule has 0 unspecified atom stereocenters. The molecule has 0 spiro atoms. The summed E-state index contributed by atoms with van der Waals surface area (Å²) in [6.07, 6.45) is 4.55. The predicted molar refractivity (Wildman–Crippen MR) is 116 cm³/mol. The molecule has 29 heavy (non-hydrogen) atoms. The highest BCUT2D eigenvalue weighted by molar-refractivity contribution is 6.30. The van der Waals surface area contributed by atoms with Crippen LogP contribution in [-0.2, 0) is 4.74 Å². The van der Waals surface area contributed by atoms with Gasteiger partial charge < -0.3 is 15.8 Å². The van der Waals surface area contributed by atoms with Crippen LogP contribution in [0.2, 0.25) is 5.02 Å². The maximum atomic E-state index is 12.1. The maximum absolute atomic E-state index is 12.1. The monoisotopic (exact) mass is 405 g/mol. The van der Waals surface area contributed by atoms with Crippen molar-refractivity contribution in [2.24, 2.45) is 0 Å². The summed E-state index contributed by atoms with van der Waals surface area (Å²) in [4.78, 5) is 16.3. The minimum absolute atomic E-state index is 0.0433. The van der Waals surface area contributed by atoms with Gasteiger partial charge in [0.25, 0.3) is 0 Å². The highest BCUT2D eigenvalue weighted by Crippen LogP contribution is 2.44. The summed E-state index contributed by atoms with van der Waals surface area (Å²) >= 11 is 5.83. The molecule has 1 aliphatic carbocycles. The molecule has 5 nitrogen and oxygen atoms in total. The Hall–Kier alpha value is -3.31. The number of benzene rings is 2.